The van der Waals surface area contributed by atoms with Crippen LogP contribution in [0.2, 0.25) is 5.02 Å². The van der Waals surface area contributed by atoms with Crippen molar-refractivity contribution < 1.29 is 18.7 Å². The van der Waals surface area contributed by atoms with Gasteiger partial charge in [-0.1, -0.05) is 17.7 Å². The molecular formula is C17H18ClFN2O3. The Balaban J connectivity index is 1.72. The van der Waals surface area contributed by atoms with E-state index in [1.54, 1.807) is 6.07 Å². The molecule has 2 aromatic carbocycles. The van der Waals surface area contributed by atoms with Crippen LogP contribution in [0, 0.1) is 5.82 Å². The van der Waals surface area contributed by atoms with Crippen LogP contribution in [-0.2, 0) is 0 Å². The molecule has 0 fully saturated rings. The average Bonchev–Trinajstić information content (AvgIpc) is 2.56. The highest BCUT2D eigenvalue weighted by Gasteiger charge is 2.05. The summed E-state index contributed by atoms with van der Waals surface area (Å²) in [6.45, 7) is 3.09. The van der Waals surface area contributed by atoms with E-state index in [2.05, 4.69) is 10.6 Å². The van der Waals surface area contributed by atoms with Gasteiger partial charge in [-0.15, -0.1) is 0 Å². The Kier molecular flexibility index (Phi) is 6.69. The van der Waals surface area contributed by atoms with Gasteiger partial charge in [0.25, 0.3) is 0 Å². The molecule has 128 valence electrons. The lowest BCUT2D eigenvalue weighted by Gasteiger charge is -2.10. The fourth-order valence-electron chi connectivity index (χ4n) is 1.90. The fourth-order valence-corrected chi connectivity index (χ4v) is 2.08. The molecule has 0 aliphatic carbocycles. The number of nitrogens with one attached hydrogen (secondary N) is 2. The number of hydrogen-bond donors (Lipinski definition) is 2. The van der Waals surface area contributed by atoms with E-state index in [1.165, 1.54) is 18.2 Å². The molecule has 2 rings (SSSR count). The maximum absolute atomic E-state index is 13.0. The van der Waals surface area contributed by atoms with Crippen molar-refractivity contribution in [3.05, 3.63) is 53.3 Å². The normalized spacial score (nSPS) is 10.1. The zero-order valence-electron chi connectivity index (χ0n) is 13.1. The Hall–Kier alpha value is -2.47. The molecule has 0 radical (unpaired) electrons. The van der Waals surface area contributed by atoms with E-state index in [0.29, 0.717) is 31.2 Å². The van der Waals surface area contributed by atoms with Crippen molar-refractivity contribution >= 4 is 23.3 Å². The predicted molar refractivity (Wildman–Crippen MR) is 91.5 cm³/mol. The second-order valence-electron chi connectivity index (χ2n) is 4.77. The van der Waals surface area contributed by atoms with E-state index < -0.39 is 11.8 Å². The van der Waals surface area contributed by atoms with Crippen LogP contribution < -0.4 is 20.1 Å². The Morgan fingerprint density at radius 3 is 2.62 bits per heavy atom. The Labute approximate surface area is 144 Å². The molecular weight excluding hydrogens is 335 g/mol. The Morgan fingerprint density at radius 1 is 1.17 bits per heavy atom. The van der Waals surface area contributed by atoms with Crippen LogP contribution in [-0.4, -0.2) is 25.8 Å². The van der Waals surface area contributed by atoms with Crippen LogP contribution >= 0.6 is 11.6 Å². The summed E-state index contributed by atoms with van der Waals surface area (Å²) in [5.41, 5.74) is 0.407. The Morgan fingerprint density at radius 2 is 1.92 bits per heavy atom. The molecule has 0 saturated carbocycles. The molecule has 0 heterocycles. The predicted octanol–water partition coefficient (Wildman–Crippen LogP) is 4.08. The number of carbonyl (C=O) groups excluding carboxylic acids is 1. The van der Waals surface area contributed by atoms with E-state index in [4.69, 9.17) is 21.1 Å². The lowest BCUT2D eigenvalue weighted by molar-refractivity contribution is 0.247. The van der Waals surface area contributed by atoms with Crippen LogP contribution in [0.15, 0.2) is 42.5 Å². The monoisotopic (exact) mass is 352 g/mol. The molecule has 24 heavy (non-hydrogen) atoms. The van der Waals surface area contributed by atoms with Gasteiger partial charge in [-0.25, -0.2) is 9.18 Å². The third kappa shape index (κ3) is 5.62. The second kappa shape index (κ2) is 8.98. The van der Waals surface area contributed by atoms with Crippen LogP contribution in [0.4, 0.5) is 14.9 Å². The molecule has 5 nitrogen and oxygen atoms in total. The number of benzene rings is 2. The van der Waals surface area contributed by atoms with Gasteiger partial charge in [0.1, 0.15) is 23.9 Å². The highest BCUT2D eigenvalue weighted by Crippen LogP contribution is 2.20. The number of urea groups is 1. The van der Waals surface area contributed by atoms with Crippen LogP contribution in [0.1, 0.15) is 6.92 Å². The summed E-state index contributed by atoms with van der Waals surface area (Å²) in [7, 11) is 0. The fraction of sp³-hybridized carbons (Fsp3) is 0.235. The van der Waals surface area contributed by atoms with Gasteiger partial charge in [-0.2, -0.15) is 0 Å². The van der Waals surface area contributed by atoms with Gasteiger partial charge in [-0.3, -0.25) is 0 Å². The summed E-state index contributed by atoms with van der Waals surface area (Å²) >= 11 is 5.65. The standard InChI is InChI=1S/C17H18ClFN2O3/c1-2-23-13-4-3-5-14(11-13)24-9-8-20-17(22)21-12-6-7-16(19)15(18)10-12/h3-7,10-11H,2,8-9H2,1H3,(H2,20,21,22). The number of halogens is 2. The first kappa shape index (κ1) is 17.9. The lowest BCUT2D eigenvalue weighted by Crippen LogP contribution is -2.32. The summed E-state index contributed by atoms with van der Waals surface area (Å²) in [6, 6.07) is 10.8. The van der Waals surface area contributed by atoms with Crippen molar-refractivity contribution in [3.8, 4) is 11.5 Å². The van der Waals surface area contributed by atoms with E-state index in [1.807, 2.05) is 25.1 Å². The zero-order valence-corrected chi connectivity index (χ0v) is 13.9. The van der Waals surface area contributed by atoms with Crippen molar-refractivity contribution in [2.45, 2.75) is 6.92 Å². The zero-order chi connectivity index (χ0) is 17.4. The molecule has 0 aliphatic rings. The summed E-state index contributed by atoms with van der Waals surface area (Å²) in [4.78, 5) is 11.7. The molecule has 0 aromatic heterocycles. The van der Waals surface area contributed by atoms with Gasteiger partial charge >= 0.3 is 6.03 Å². The molecule has 2 aromatic rings. The number of hydrogen-bond acceptors (Lipinski definition) is 3. The summed E-state index contributed by atoms with van der Waals surface area (Å²) in [5.74, 6) is 0.854. The number of anilines is 1. The number of amides is 2. The maximum Gasteiger partial charge on any atom is 0.319 e. The van der Waals surface area contributed by atoms with Gasteiger partial charge in [0.15, 0.2) is 0 Å². The molecule has 2 amide bonds. The van der Waals surface area contributed by atoms with Crippen molar-refractivity contribution in [2.24, 2.45) is 0 Å². The van der Waals surface area contributed by atoms with Crippen LogP contribution in [0.5, 0.6) is 11.5 Å². The molecule has 0 bridgehead atoms. The van der Waals surface area contributed by atoms with Gasteiger partial charge in [0, 0.05) is 11.8 Å². The third-order valence-electron chi connectivity index (χ3n) is 2.95. The van der Waals surface area contributed by atoms with Crippen molar-refractivity contribution in [3.63, 3.8) is 0 Å². The minimum atomic E-state index is -0.537. The minimum Gasteiger partial charge on any atom is -0.494 e. The third-order valence-corrected chi connectivity index (χ3v) is 3.24. The molecule has 0 unspecified atom stereocenters. The first-order chi connectivity index (χ1) is 11.6. The smallest absolute Gasteiger partial charge is 0.319 e. The maximum atomic E-state index is 13.0. The van der Waals surface area contributed by atoms with Crippen LogP contribution in [0.3, 0.4) is 0 Å². The van der Waals surface area contributed by atoms with Gasteiger partial charge < -0.3 is 20.1 Å². The molecule has 0 saturated heterocycles. The van der Waals surface area contributed by atoms with E-state index in [-0.39, 0.29) is 5.02 Å². The first-order valence-electron chi connectivity index (χ1n) is 7.44. The van der Waals surface area contributed by atoms with Crippen LogP contribution in [0.25, 0.3) is 0 Å². The number of carbonyl (C=O) groups is 1. The summed E-state index contributed by atoms with van der Waals surface area (Å²) in [6.07, 6.45) is 0. The molecule has 0 atom stereocenters. The second-order valence-corrected chi connectivity index (χ2v) is 5.17. The SMILES string of the molecule is CCOc1cccc(OCCNC(=O)Nc2ccc(F)c(Cl)c2)c1. The molecule has 0 spiro atoms. The summed E-state index contributed by atoms with van der Waals surface area (Å²) in [5, 5.41) is 5.14. The quantitative estimate of drug-likeness (QED) is 0.738. The van der Waals surface area contributed by atoms with Crippen molar-refractivity contribution in [1.82, 2.24) is 5.32 Å². The highest BCUT2D eigenvalue weighted by molar-refractivity contribution is 6.31. The number of rotatable bonds is 7. The van der Waals surface area contributed by atoms with Crippen molar-refractivity contribution in [2.75, 3.05) is 25.1 Å². The molecule has 0 aliphatic heterocycles. The lowest BCUT2D eigenvalue weighted by atomic mass is 10.3. The van der Waals surface area contributed by atoms with Gasteiger partial charge in [0.2, 0.25) is 0 Å². The van der Waals surface area contributed by atoms with E-state index >= 15 is 0 Å². The largest absolute Gasteiger partial charge is 0.494 e. The molecule has 7 heteroatoms. The van der Waals surface area contributed by atoms with Gasteiger partial charge in [0.05, 0.1) is 18.2 Å². The van der Waals surface area contributed by atoms with Gasteiger partial charge in [-0.05, 0) is 37.3 Å². The summed E-state index contributed by atoms with van der Waals surface area (Å²) < 4.78 is 24.0. The topological polar surface area (TPSA) is 59.6 Å². The van der Waals surface area contributed by atoms with Crippen molar-refractivity contribution in [1.29, 1.82) is 0 Å². The average molecular weight is 353 g/mol. The van der Waals surface area contributed by atoms with E-state index in [9.17, 15) is 9.18 Å². The first-order valence-corrected chi connectivity index (χ1v) is 7.82. The Bertz CT molecular complexity index is 697. The highest BCUT2D eigenvalue weighted by atomic mass is 35.5. The molecule has 2 N–H and O–H groups in total. The van der Waals surface area contributed by atoms with E-state index in [0.717, 1.165) is 5.75 Å². The number of ether oxygens (including phenoxy) is 2. The minimum absolute atomic E-state index is 0.0506.